The third kappa shape index (κ3) is 2.20. The van der Waals surface area contributed by atoms with Gasteiger partial charge in [0.25, 0.3) is 0 Å². The van der Waals surface area contributed by atoms with Gasteiger partial charge in [-0.25, -0.2) is 0 Å². The van der Waals surface area contributed by atoms with Gasteiger partial charge in [-0.2, -0.15) is 0 Å². The Bertz CT molecular complexity index is 1140. The van der Waals surface area contributed by atoms with Crippen molar-refractivity contribution < 1.29 is 19.1 Å². The number of hydrogen-bond acceptors (Lipinski definition) is 4. The van der Waals surface area contributed by atoms with Crippen molar-refractivity contribution in [3.05, 3.63) is 107 Å². The largest absolute Gasteiger partial charge is 0.447 e. The van der Waals surface area contributed by atoms with Crippen LogP contribution in [0.3, 0.4) is 0 Å². The molecule has 2 aliphatic heterocycles. The number of Topliss-reactive ketones (excluding diaryl/α,β-unsaturated/α-hetero) is 1. The van der Waals surface area contributed by atoms with Crippen LogP contribution in [0.4, 0.5) is 0 Å². The predicted molar refractivity (Wildman–Crippen MR) is 112 cm³/mol. The molecule has 4 heteroatoms. The number of rotatable bonds is 4. The Labute approximate surface area is 175 Å². The second-order valence-corrected chi connectivity index (χ2v) is 8.04. The number of esters is 1. The molecule has 1 saturated heterocycles. The van der Waals surface area contributed by atoms with Gasteiger partial charge in [0.1, 0.15) is 5.60 Å². The second-order valence-electron chi connectivity index (χ2n) is 8.04. The second kappa shape index (κ2) is 6.38. The van der Waals surface area contributed by atoms with E-state index < -0.39 is 22.8 Å². The van der Waals surface area contributed by atoms with Crippen LogP contribution < -0.4 is 0 Å². The van der Waals surface area contributed by atoms with Gasteiger partial charge in [-0.15, -0.1) is 0 Å². The maximum atomic E-state index is 13.3. The number of ketones is 1. The van der Waals surface area contributed by atoms with Gasteiger partial charge in [-0.05, 0) is 29.2 Å². The van der Waals surface area contributed by atoms with Crippen molar-refractivity contribution in [2.75, 3.05) is 0 Å². The number of ether oxygens (including phenoxy) is 2. The molecule has 0 aliphatic carbocycles. The molecule has 150 valence electrons. The summed E-state index contributed by atoms with van der Waals surface area (Å²) in [7, 11) is 0. The predicted octanol–water partition coefficient (Wildman–Crippen LogP) is 4.50. The first-order valence-corrected chi connectivity index (χ1v) is 10.1. The van der Waals surface area contributed by atoms with Crippen LogP contribution in [0.2, 0.25) is 0 Å². The summed E-state index contributed by atoms with van der Waals surface area (Å²) < 4.78 is 12.9. The summed E-state index contributed by atoms with van der Waals surface area (Å²) in [6.07, 6.45) is 0.227. The fourth-order valence-electron chi connectivity index (χ4n) is 5.36. The highest BCUT2D eigenvalue weighted by atomic mass is 16.6. The van der Waals surface area contributed by atoms with E-state index in [0.29, 0.717) is 0 Å². The molecule has 0 N–H and O–H groups in total. The molecule has 4 nitrogen and oxygen atoms in total. The zero-order valence-corrected chi connectivity index (χ0v) is 16.9. The van der Waals surface area contributed by atoms with E-state index in [1.54, 1.807) is 0 Å². The minimum atomic E-state index is -1.47. The molecule has 3 atom stereocenters. The Morgan fingerprint density at radius 3 is 1.87 bits per heavy atom. The zero-order valence-electron chi connectivity index (χ0n) is 16.9. The molecule has 0 saturated carbocycles. The van der Waals surface area contributed by atoms with Crippen LogP contribution >= 0.6 is 0 Å². The van der Waals surface area contributed by atoms with E-state index in [2.05, 4.69) is 0 Å². The van der Waals surface area contributed by atoms with Crippen molar-refractivity contribution in [1.29, 1.82) is 0 Å². The number of hydrogen-bond donors (Lipinski definition) is 0. The number of fused-ring (bicyclic) bond motifs is 5. The first-order chi connectivity index (χ1) is 14.5. The average molecular weight is 398 g/mol. The molecule has 0 radical (unpaired) electrons. The highest BCUT2D eigenvalue weighted by Crippen LogP contribution is 2.68. The highest BCUT2D eigenvalue weighted by Gasteiger charge is 2.76. The fourth-order valence-corrected chi connectivity index (χ4v) is 5.36. The molecule has 3 aromatic carbocycles. The Morgan fingerprint density at radius 2 is 1.30 bits per heavy atom. The summed E-state index contributed by atoms with van der Waals surface area (Å²) >= 11 is 0. The van der Waals surface area contributed by atoms with Gasteiger partial charge in [0.2, 0.25) is 5.60 Å². The van der Waals surface area contributed by atoms with Gasteiger partial charge in [-0.1, -0.05) is 84.9 Å². The molecular weight excluding hydrogens is 376 g/mol. The van der Waals surface area contributed by atoms with Gasteiger partial charge in [0.15, 0.2) is 11.4 Å². The number of carbonyl (C=O) groups is 2. The monoisotopic (exact) mass is 398 g/mol. The van der Waals surface area contributed by atoms with Crippen LogP contribution in [0, 0.1) is 0 Å². The number of benzene rings is 3. The molecule has 0 aromatic heterocycles. The van der Waals surface area contributed by atoms with Crippen molar-refractivity contribution in [2.45, 2.75) is 37.1 Å². The minimum Gasteiger partial charge on any atom is -0.447 e. The van der Waals surface area contributed by atoms with Gasteiger partial charge in [0, 0.05) is 13.3 Å². The molecule has 2 bridgehead atoms. The lowest BCUT2D eigenvalue weighted by Crippen LogP contribution is -2.57. The van der Waals surface area contributed by atoms with Crippen LogP contribution in [-0.4, -0.2) is 17.4 Å². The van der Waals surface area contributed by atoms with Crippen LogP contribution in [0.15, 0.2) is 84.9 Å². The van der Waals surface area contributed by atoms with Crippen LogP contribution in [0.25, 0.3) is 0 Å². The first-order valence-electron chi connectivity index (χ1n) is 10.1. The van der Waals surface area contributed by atoms with E-state index in [1.165, 1.54) is 13.8 Å². The highest BCUT2D eigenvalue weighted by molar-refractivity contribution is 5.92. The Kier molecular flexibility index (Phi) is 3.99. The SMILES string of the molecule is CC(=O)O[C@@]1(C(C)=O)C[C@]2(c3ccccc3)O[C@@]1(c1ccccc1)c1ccccc12. The van der Waals surface area contributed by atoms with E-state index >= 15 is 0 Å². The summed E-state index contributed by atoms with van der Waals surface area (Å²) in [6, 6.07) is 27.4. The Morgan fingerprint density at radius 1 is 0.767 bits per heavy atom. The molecule has 2 heterocycles. The van der Waals surface area contributed by atoms with Crippen molar-refractivity contribution in [3.8, 4) is 0 Å². The molecular formula is C26H22O4. The molecule has 0 amide bonds. The molecule has 0 spiro atoms. The Balaban J connectivity index is 1.90. The molecule has 1 fully saturated rings. The molecule has 2 aliphatic rings. The van der Waals surface area contributed by atoms with Gasteiger partial charge in [0.05, 0.1) is 0 Å². The third-order valence-electron chi connectivity index (χ3n) is 6.44. The zero-order chi connectivity index (χ0) is 21.0. The van der Waals surface area contributed by atoms with Crippen molar-refractivity contribution in [3.63, 3.8) is 0 Å². The topological polar surface area (TPSA) is 52.6 Å². The lowest BCUT2D eigenvalue weighted by molar-refractivity contribution is -0.181. The maximum absolute atomic E-state index is 13.3. The standard InChI is InChI=1S/C26H22O4/c1-18(27)25(29-19(2)28)17-24(20-11-5-3-6-12-20)22-15-9-10-16-23(22)26(25,30-24)21-13-7-4-8-14-21/h3-16H,17H2,1-2H3/t24-,25-,26+/m1/s1. The minimum absolute atomic E-state index is 0.227. The van der Waals surface area contributed by atoms with Crippen molar-refractivity contribution in [2.24, 2.45) is 0 Å². The average Bonchev–Trinajstić information content (AvgIpc) is 3.24. The quantitative estimate of drug-likeness (QED) is 0.608. The summed E-state index contributed by atoms with van der Waals surface area (Å²) in [5, 5.41) is 0. The maximum Gasteiger partial charge on any atom is 0.303 e. The van der Waals surface area contributed by atoms with Crippen LogP contribution in [0.1, 0.15) is 42.5 Å². The van der Waals surface area contributed by atoms with E-state index in [1.807, 2.05) is 84.9 Å². The smallest absolute Gasteiger partial charge is 0.303 e. The van der Waals surface area contributed by atoms with E-state index in [9.17, 15) is 9.59 Å². The van der Waals surface area contributed by atoms with E-state index in [-0.39, 0.29) is 12.2 Å². The van der Waals surface area contributed by atoms with Gasteiger partial charge < -0.3 is 9.47 Å². The van der Waals surface area contributed by atoms with Crippen LogP contribution in [0.5, 0.6) is 0 Å². The fraction of sp³-hybridized carbons (Fsp3) is 0.231. The van der Waals surface area contributed by atoms with Crippen LogP contribution in [-0.2, 0) is 30.3 Å². The summed E-state index contributed by atoms with van der Waals surface area (Å²) in [5.41, 5.74) is 0.0128. The van der Waals surface area contributed by atoms with E-state index in [0.717, 1.165) is 22.3 Å². The lowest BCUT2D eigenvalue weighted by atomic mass is 9.62. The lowest BCUT2D eigenvalue weighted by Gasteiger charge is -2.43. The van der Waals surface area contributed by atoms with E-state index in [4.69, 9.17) is 9.47 Å². The normalized spacial score (nSPS) is 28.7. The third-order valence-corrected chi connectivity index (χ3v) is 6.44. The molecule has 5 rings (SSSR count). The molecule has 0 unspecified atom stereocenters. The summed E-state index contributed by atoms with van der Waals surface area (Å²) in [6.45, 7) is 2.83. The first kappa shape index (κ1) is 18.8. The molecule has 3 aromatic rings. The van der Waals surface area contributed by atoms with Crippen molar-refractivity contribution >= 4 is 11.8 Å². The summed E-state index contributed by atoms with van der Waals surface area (Å²) in [5.74, 6) is -0.730. The van der Waals surface area contributed by atoms with Gasteiger partial charge in [-0.3, -0.25) is 9.59 Å². The Hall–Kier alpha value is -3.24. The van der Waals surface area contributed by atoms with Gasteiger partial charge >= 0.3 is 5.97 Å². The van der Waals surface area contributed by atoms with Crippen molar-refractivity contribution in [1.82, 2.24) is 0 Å². The summed E-state index contributed by atoms with van der Waals surface area (Å²) in [4.78, 5) is 25.6. The molecule has 30 heavy (non-hydrogen) atoms. The number of carbonyl (C=O) groups excluding carboxylic acids is 2.